The lowest BCUT2D eigenvalue weighted by atomic mass is 10.2. The number of benzene rings is 1. The molecule has 0 fully saturated rings. The first-order valence-corrected chi connectivity index (χ1v) is 5.97. The third-order valence-electron chi connectivity index (χ3n) is 2.63. The van der Waals surface area contributed by atoms with Crippen LogP contribution in [0.25, 0.3) is 16.9 Å². The number of pyridine rings is 1. The van der Waals surface area contributed by atoms with Crippen LogP contribution in [0.5, 0.6) is 0 Å². The van der Waals surface area contributed by atoms with Crippen LogP contribution in [0.4, 0.5) is 4.39 Å². The van der Waals surface area contributed by atoms with E-state index in [-0.39, 0.29) is 5.82 Å². The maximum atomic E-state index is 12.8. The standard InChI is InChI=1S/C13H8BrFN2/c14-10-3-6-13-16-12(8-17(13)7-10)9-1-4-11(15)5-2-9/h1-8H/p+1. The summed E-state index contributed by atoms with van der Waals surface area (Å²) in [6.45, 7) is 0. The van der Waals surface area contributed by atoms with E-state index in [2.05, 4.69) is 20.9 Å². The Bertz CT molecular complexity index is 673. The number of fused-ring (bicyclic) bond motifs is 1. The highest BCUT2D eigenvalue weighted by molar-refractivity contribution is 9.10. The second-order valence-corrected chi connectivity index (χ2v) is 4.73. The summed E-state index contributed by atoms with van der Waals surface area (Å²) in [5, 5.41) is 0. The lowest BCUT2D eigenvalue weighted by Crippen LogP contribution is -2.16. The summed E-state index contributed by atoms with van der Waals surface area (Å²) in [4.78, 5) is 3.28. The SMILES string of the molecule is Fc1ccc(-c2c[n+]3cc(Br)ccc3[nH]2)cc1. The van der Waals surface area contributed by atoms with E-state index < -0.39 is 0 Å². The summed E-state index contributed by atoms with van der Waals surface area (Å²) < 4.78 is 15.8. The van der Waals surface area contributed by atoms with Crippen LogP contribution in [-0.4, -0.2) is 4.98 Å². The maximum absolute atomic E-state index is 12.8. The van der Waals surface area contributed by atoms with Crippen LogP contribution in [0.2, 0.25) is 0 Å². The van der Waals surface area contributed by atoms with Crippen LogP contribution in [0.15, 0.2) is 53.3 Å². The maximum Gasteiger partial charge on any atom is 0.284 e. The molecule has 0 radical (unpaired) electrons. The van der Waals surface area contributed by atoms with Crippen molar-refractivity contribution in [2.75, 3.05) is 0 Å². The Morgan fingerprint density at radius 3 is 2.53 bits per heavy atom. The van der Waals surface area contributed by atoms with Crippen molar-refractivity contribution in [3.05, 3.63) is 59.1 Å². The lowest BCUT2D eigenvalue weighted by molar-refractivity contribution is -0.510. The highest BCUT2D eigenvalue weighted by atomic mass is 79.9. The number of nitrogens with zero attached hydrogens (tertiary/aromatic N) is 1. The Hall–Kier alpha value is -1.68. The fraction of sp³-hybridized carbons (Fsp3) is 0. The average molecular weight is 292 g/mol. The molecule has 2 nitrogen and oxygen atoms in total. The second kappa shape index (κ2) is 3.96. The Balaban J connectivity index is 2.14. The Labute approximate surface area is 106 Å². The van der Waals surface area contributed by atoms with Gasteiger partial charge in [0, 0.05) is 11.6 Å². The summed E-state index contributed by atoms with van der Waals surface area (Å²) in [7, 11) is 0. The van der Waals surface area contributed by atoms with Crippen molar-refractivity contribution in [3.63, 3.8) is 0 Å². The number of aromatic amines is 1. The molecular formula is C13H9BrFN2+. The van der Waals surface area contributed by atoms with E-state index in [1.54, 1.807) is 12.1 Å². The van der Waals surface area contributed by atoms with Crippen molar-refractivity contribution < 1.29 is 8.79 Å². The smallest absolute Gasteiger partial charge is 0.237 e. The molecule has 0 saturated heterocycles. The van der Waals surface area contributed by atoms with E-state index >= 15 is 0 Å². The molecule has 2 heterocycles. The molecule has 17 heavy (non-hydrogen) atoms. The molecule has 84 valence electrons. The highest BCUT2D eigenvalue weighted by Crippen LogP contribution is 2.17. The number of aromatic nitrogens is 2. The number of halogens is 2. The zero-order chi connectivity index (χ0) is 11.8. The van der Waals surface area contributed by atoms with Gasteiger partial charge in [0.15, 0.2) is 5.69 Å². The van der Waals surface area contributed by atoms with Crippen LogP contribution in [0, 0.1) is 5.82 Å². The number of hydrogen-bond donors (Lipinski definition) is 1. The predicted molar refractivity (Wildman–Crippen MR) is 67.0 cm³/mol. The molecule has 0 atom stereocenters. The molecule has 2 aromatic heterocycles. The minimum absolute atomic E-state index is 0.222. The van der Waals surface area contributed by atoms with E-state index in [1.165, 1.54) is 12.1 Å². The molecule has 0 amide bonds. The van der Waals surface area contributed by atoms with Crippen molar-refractivity contribution in [3.8, 4) is 11.3 Å². The minimum Gasteiger partial charge on any atom is -0.237 e. The molecule has 0 saturated carbocycles. The van der Waals surface area contributed by atoms with Crippen molar-refractivity contribution >= 4 is 21.6 Å². The first kappa shape index (κ1) is 10.5. The van der Waals surface area contributed by atoms with Crippen molar-refractivity contribution in [1.29, 1.82) is 0 Å². The van der Waals surface area contributed by atoms with E-state index in [0.717, 1.165) is 21.4 Å². The third kappa shape index (κ3) is 1.96. The average Bonchev–Trinajstić information content (AvgIpc) is 2.72. The van der Waals surface area contributed by atoms with Crippen LogP contribution in [-0.2, 0) is 0 Å². The van der Waals surface area contributed by atoms with Crippen molar-refractivity contribution in [2.45, 2.75) is 0 Å². The normalized spacial score (nSPS) is 10.9. The fourth-order valence-corrected chi connectivity index (χ4v) is 2.14. The van der Waals surface area contributed by atoms with Gasteiger partial charge in [-0.3, -0.25) is 0 Å². The number of hydrogen-bond acceptors (Lipinski definition) is 0. The Morgan fingerprint density at radius 2 is 1.76 bits per heavy atom. The van der Waals surface area contributed by atoms with Gasteiger partial charge in [-0.05, 0) is 46.3 Å². The van der Waals surface area contributed by atoms with Crippen LogP contribution in [0.1, 0.15) is 0 Å². The zero-order valence-electron chi connectivity index (χ0n) is 8.82. The van der Waals surface area contributed by atoms with Gasteiger partial charge in [0.05, 0.1) is 4.47 Å². The quantitative estimate of drug-likeness (QED) is 0.664. The molecule has 0 bridgehead atoms. The van der Waals surface area contributed by atoms with Gasteiger partial charge in [-0.15, -0.1) is 0 Å². The number of rotatable bonds is 1. The molecule has 4 heteroatoms. The molecule has 0 aliphatic carbocycles. The van der Waals surface area contributed by atoms with Crippen LogP contribution < -0.4 is 4.40 Å². The van der Waals surface area contributed by atoms with Gasteiger partial charge in [0.2, 0.25) is 0 Å². The Kier molecular flexibility index (Phi) is 2.44. The summed E-state index contributed by atoms with van der Waals surface area (Å²) >= 11 is 3.42. The predicted octanol–water partition coefficient (Wildman–Crippen LogP) is 3.32. The van der Waals surface area contributed by atoms with Crippen molar-refractivity contribution in [2.24, 2.45) is 0 Å². The van der Waals surface area contributed by atoms with Gasteiger partial charge in [-0.1, -0.05) is 0 Å². The molecule has 0 unspecified atom stereocenters. The van der Waals surface area contributed by atoms with E-state index in [9.17, 15) is 4.39 Å². The number of imidazole rings is 1. The van der Waals surface area contributed by atoms with Crippen molar-refractivity contribution in [1.82, 2.24) is 4.98 Å². The molecule has 1 aromatic carbocycles. The van der Waals surface area contributed by atoms with E-state index in [4.69, 9.17) is 0 Å². The number of nitrogens with one attached hydrogen (secondary N) is 1. The van der Waals surface area contributed by atoms with Gasteiger partial charge in [-0.25, -0.2) is 13.8 Å². The summed E-state index contributed by atoms with van der Waals surface area (Å²) in [6, 6.07) is 10.4. The topological polar surface area (TPSA) is 19.9 Å². The van der Waals surface area contributed by atoms with Gasteiger partial charge in [0.1, 0.15) is 18.2 Å². The third-order valence-corrected chi connectivity index (χ3v) is 3.10. The first-order valence-electron chi connectivity index (χ1n) is 5.18. The van der Waals surface area contributed by atoms with Crippen LogP contribution in [0.3, 0.4) is 0 Å². The molecule has 0 spiro atoms. The van der Waals surface area contributed by atoms with Gasteiger partial charge < -0.3 is 0 Å². The van der Waals surface area contributed by atoms with Crippen LogP contribution >= 0.6 is 15.9 Å². The Morgan fingerprint density at radius 1 is 1.00 bits per heavy atom. The molecule has 1 N–H and O–H groups in total. The molecule has 0 aliphatic rings. The summed E-state index contributed by atoms with van der Waals surface area (Å²) in [5.41, 5.74) is 2.92. The van der Waals surface area contributed by atoms with E-state index in [0.29, 0.717) is 0 Å². The molecule has 3 aromatic rings. The largest absolute Gasteiger partial charge is 0.284 e. The highest BCUT2D eigenvalue weighted by Gasteiger charge is 2.10. The van der Waals surface area contributed by atoms with E-state index in [1.807, 2.05) is 28.9 Å². The minimum atomic E-state index is -0.222. The first-order chi connectivity index (χ1) is 8.22. The molecule has 0 aliphatic heterocycles. The van der Waals surface area contributed by atoms with Gasteiger partial charge in [-0.2, -0.15) is 0 Å². The van der Waals surface area contributed by atoms with Gasteiger partial charge >= 0.3 is 0 Å². The summed E-state index contributed by atoms with van der Waals surface area (Å²) in [5.74, 6) is -0.222. The number of H-pyrrole nitrogens is 1. The molecule has 3 rings (SSSR count). The second-order valence-electron chi connectivity index (χ2n) is 3.81. The zero-order valence-corrected chi connectivity index (χ0v) is 10.4. The lowest BCUT2D eigenvalue weighted by Gasteiger charge is -1.91. The molecular weight excluding hydrogens is 283 g/mol. The summed E-state index contributed by atoms with van der Waals surface area (Å²) in [6.07, 6.45) is 3.95. The monoisotopic (exact) mass is 291 g/mol. The fourth-order valence-electron chi connectivity index (χ4n) is 1.79. The van der Waals surface area contributed by atoms with Gasteiger partial charge in [0.25, 0.3) is 5.65 Å².